The number of hydrogen-bond donors (Lipinski definition) is 1. The molecule has 1 heterocycles. The number of rotatable bonds is 3. The first-order valence-corrected chi connectivity index (χ1v) is 8.94. The third kappa shape index (κ3) is 4.40. The van der Waals surface area contributed by atoms with Gasteiger partial charge in [-0.25, -0.2) is 4.79 Å². The smallest absolute Gasteiger partial charge is 0.412 e. The fourth-order valence-corrected chi connectivity index (χ4v) is 3.07. The monoisotopic (exact) mass is 411 g/mol. The zero-order valence-electron chi connectivity index (χ0n) is 15.3. The molecule has 6 nitrogen and oxygen atoms in total. The molecule has 27 heavy (non-hydrogen) atoms. The Kier molecular flexibility index (Phi) is 5.42. The fraction of sp³-hybridized carbons (Fsp3) is 0.316. The Hall–Kier alpha value is -2.15. The molecule has 0 bridgehead atoms. The molecule has 0 radical (unpaired) electrons. The van der Waals surface area contributed by atoms with E-state index in [4.69, 9.17) is 42.5 Å². The van der Waals surface area contributed by atoms with Gasteiger partial charge < -0.3 is 14.4 Å². The van der Waals surface area contributed by atoms with E-state index in [0.29, 0.717) is 38.4 Å². The summed E-state index contributed by atoms with van der Waals surface area (Å²) in [5.41, 5.74) is 1.11. The summed E-state index contributed by atoms with van der Waals surface area (Å²) in [7, 11) is 1.51. The van der Waals surface area contributed by atoms with Gasteiger partial charge in [-0.15, -0.1) is 0 Å². The minimum atomic E-state index is -0.656. The van der Waals surface area contributed by atoms with E-state index in [1.165, 1.54) is 7.11 Å². The Morgan fingerprint density at radius 2 is 1.81 bits per heavy atom. The van der Waals surface area contributed by atoms with Crippen molar-refractivity contribution in [3.63, 3.8) is 0 Å². The van der Waals surface area contributed by atoms with E-state index in [1.807, 2.05) is 0 Å². The van der Waals surface area contributed by atoms with Crippen molar-refractivity contribution >= 4 is 35.0 Å². The maximum atomic E-state index is 12.2. The number of benzene rings is 2. The molecular formula is C19H19Cl2NO5. The lowest BCUT2D eigenvalue weighted by Gasteiger charge is -2.21. The second kappa shape index (κ2) is 7.46. The number of halogens is 2. The van der Waals surface area contributed by atoms with Crippen molar-refractivity contribution in [2.45, 2.75) is 32.5 Å². The van der Waals surface area contributed by atoms with Crippen LogP contribution in [0, 0.1) is 0 Å². The molecule has 0 saturated carbocycles. The molecule has 0 spiro atoms. The van der Waals surface area contributed by atoms with Gasteiger partial charge >= 0.3 is 6.09 Å². The van der Waals surface area contributed by atoms with Crippen LogP contribution in [0.2, 0.25) is 10.0 Å². The van der Waals surface area contributed by atoms with Crippen LogP contribution in [0.5, 0.6) is 11.5 Å². The number of fused-ring (bicyclic) bond motifs is 1. The van der Waals surface area contributed by atoms with Crippen molar-refractivity contribution in [1.29, 1.82) is 0 Å². The molecule has 1 aliphatic heterocycles. The number of hydrogen-bond acceptors (Lipinski definition) is 5. The molecule has 0 saturated heterocycles. The van der Waals surface area contributed by atoms with Gasteiger partial charge in [-0.1, -0.05) is 23.2 Å². The van der Waals surface area contributed by atoms with Gasteiger partial charge in [0, 0.05) is 27.2 Å². The van der Waals surface area contributed by atoms with Crippen molar-refractivity contribution < 1.29 is 24.0 Å². The molecule has 1 atom stereocenters. The Balaban J connectivity index is 1.98. The minimum absolute atomic E-state index is 0.426. The average molecular weight is 412 g/mol. The Morgan fingerprint density at radius 3 is 2.48 bits per heavy atom. The van der Waals surface area contributed by atoms with Gasteiger partial charge in [0.1, 0.15) is 5.60 Å². The summed E-state index contributed by atoms with van der Waals surface area (Å²) in [5, 5.41) is 3.67. The summed E-state index contributed by atoms with van der Waals surface area (Å²) in [6.07, 6.45) is -1.25. The zero-order valence-corrected chi connectivity index (χ0v) is 16.8. The van der Waals surface area contributed by atoms with Crippen LogP contribution in [0.15, 0.2) is 30.3 Å². The van der Waals surface area contributed by atoms with Crippen LogP contribution in [0.1, 0.15) is 38.0 Å². The molecular weight excluding hydrogens is 393 g/mol. The van der Waals surface area contributed by atoms with Gasteiger partial charge in [0.25, 0.3) is 0 Å². The lowest BCUT2D eigenvalue weighted by molar-refractivity contribution is -0.212. The molecule has 1 aliphatic rings. The third-order valence-electron chi connectivity index (χ3n) is 3.71. The van der Waals surface area contributed by atoms with Crippen LogP contribution in [0.4, 0.5) is 10.5 Å². The van der Waals surface area contributed by atoms with Gasteiger partial charge in [-0.3, -0.25) is 5.32 Å². The quantitative estimate of drug-likeness (QED) is 0.649. The second-order valence-corrected chi connectivity index (χ2v) is 7.82. The van der Waals surface area contributed by atoms with Crippen molar-refractivity contribution in [3.8, 4) is 11.5 Å². The molecule has 1 amide bonds. The van der Waals surface area contributed by atoms with E-state index in [0.717, 1.165) is 0 Å². The maximum absolute atomic E-state index is 12.2. The highest BCUT2D eigenvalue weighted by Gasteiger charge is 2.33. The van der Waals surface area contributed by atoms with Crippen molar-refractivity contribution in [2.75, 3.05) is 12.4 Å². The first-order valence-electron chi connectivity index (χ1n) is 8.18. The number of ether oxygens (including phenoxy) is 2. The van der Waals surface area contributed by atoms with E-state index >= 15 is 0 Å². The molecule has 3 rings (SSSR count). The molecule has 0 aliphatic carbocycles. The van der Waals surface area contributed by atoms with Gasteiger partial charge in [-0.2, -0.15) is 4.89 Å². The molecule has 1 N–H and O–H groups in total. The predicted molar refractivity (Wildman–Crippen MR) is 103 cm³/mol. The van der Waals surface area contributed by atoms with Crippen LogP contribution in [-0.4, -0.2) is 18.8 Å². The van der Waals surface area contributed by atoms with Crippen molar-refractivity contribution in [1.82, 2.24) is 0 Å². The summed E-state index contributed by atoms with van der Waals surface area (Å²) in [4.78, 5) is 23.0. The third-order valence-corrected chi connectivity index (χ3v) is 4.16. The van der Waals surface area contributed by atoms with Crippen LogP contribution >= 0.6 is 23.2 Å². The first-order chi connectivity index (χ1) is 12.7. The second-order valence-electron chi connectivity index (χ2n) is 6.94. The summed E-state index contributed by atoms with van der Waals surface area (Å²) >= 11 is 12.3. The van der Waals surface area contributed by atoms with Crippen molar-refractivity contribution in [2.24, 2.45) is 0 Å². The van der Waals surface area contributed by atoms with E-state index in [-0.39, 0.29) is 0 Å². The summed E-state index contributed by atoms with van der Waals surface area (Å²) in [5.74, 6) is 0.874. The lowest BCUT2D eigenvalue weighted by Crippen LogP contribution is -2.27. The van der Waals surface area contributed by atoms with E-state index in [9.17, 15) is 4.79 Å². The van der Waals surface area contributed by atoms with Gasteiger partial charge in [-0.05, 0) is 45.0 Å². The lowest BCUT2D eigenvalue weighted by atomic mass is 9.99. The Morgan fingerprint density at radius 1 is 1.11 bits per heavy atom. The molecule has 144 valence electrons. The largest absolute Gasteiger partial charge is 0.493 e. The van der Waals surface area contributed by atoms with Gasteiger partial charge in [0.2, 0.25) is 5.75 Å². The van der Waals surface area contributed by atoms with Crippen molar-refractivity contribution in [3.05, 3.63) is 51.5 Å². The van der Waals surface area contributed by atoms with Crippen LogP contribution in [0.3, 0.4) is 0 Å². The number of amides is 1. The number of anilines is 1. The van der Waals surface area contributed by atoms with E-state index < -0.39 is 17.8 Å². The summed E-state index contributed by atoms with van der Waals surface area (Å²) in [6, 6.07) is 8.36. The number of carbonyl (C=O) groups excluding carboxylic acids is 1. The summed E-state index contributed by atoms with van der Waals surface area (Å²) < 4.78 is 10.6. The molecule has 2 aromatic carbocycles. The average Bonchev–Trinajstić information content (AvgIpc) is 2.97. The molecule has 1 unspecified atom stereocenters. The predicted octanol–water partition coefficient (Wildman–Crippen LogP) is 5.76. The molecule has 8 heteroatoms. The summed E-state index contributed by atoms with van der Waals surface area (Å²) in [6.45, 7) is 5.36. The molecule has 0 fully saturated rings. The van der Waals surface area contributed by atoms with Crippen LogP contribution < -0.4 is 14.9 Å². The standard InChI is InChI=1S/C19H19Cl2NO5/c1-19(2,3)25-18(23)22-14-6-5-10(20)7-12(14)16-13-8-11(21)9-15(24-4)17(13)27-26-16/h5-9,16H,1-4H3,(H,22,23). The maximum Gasteiger partial charge on any atom is 0.412 e. The SMILES string of the molecule is COc1cc(Cl)cc2c1OOC2c1cc(Cl)ccc1NC(=O)OC(C)(C)C. The highest BCUT2D eigenvalue weighted by atomic mass is 35.5. The van der Waals surface area contributed by atoms with E-state index in [2.05, 4.69) is 5.32 Å². The Bertz CT molecular complexity index is 879. The highest BCUT2D eigenvalue weighted by Crippen LogP contribution is 2.48. The Labute approximate surface area is 167 Å². The highest BCUT2D eigenvalue weighted by molar-refractivity contribution is 6.31. The number of nitrogens with one attached hydrogen (secondary N) is 1. The van der Waals surface area contributed by atoms with Gasteiger partial charge in [0.05, 0.1) is 12.8 Å². The first kappa shape index (κ1) is 19.6. The normalized spacial score (nSPS) is 15.7. The number of carbonyl (C=O) groups is 1. The topological polar surface area (TPSA) is 66.0 Å². The van der Waals surface area contributed by atoms with Crippen LogP contribution in [0.25, 0.3) is 0 Å². The fourth-order valence-electron chi connectivity index (χ4n) is 2.67. The minimum Gasteiger partial charge on any atom is -0.493 e. The molecule has 0 aromatic heterocycles. The molecule has 2 aromatic rings. The zero-order chi connectivity index (χ0) is 19.8. The van der Waals surface area contributed by atoms with Crippen LogP contribution in [-0.2, 0) is 9.62 Å². The van der Waals surface area contributed by atoms with E-state index in [1.54, 1.807) is 51.1 Å². The number of methoxy groups -OCH3 is 1. The van der Waals surface area contributed by atoms with Gasteiger partial charge in [0.15, 0.2) is 11.9 Å².